The molecule has 0 saturated heterocycles. The molecule has 0 unspecified atom stereocenters. The normalized spacial score (nSPS) is 12.5. The van der Waals surface area contributed by atoms with Gasteiger partial charge in [0.2, 0.25) is 21.8 Å². The number of sulfonamides is 1. The van der Waals surface area contributed by atoms with E-state index in [2.05, 4.69) is 5.32 Å². The third-order valence-electron chi connectivity index (χ3n) is 7.10. The number of nitrogens with one attached hydrogen (secondary N) is 1. The average molecular weight is 647 g/mol. The van der Waals surface area contributed by atoms with Gasteiger partial charge in [0.15, 0.2) is 0 Å². The zero-order chi connectivity index (χ0) is 31.9. The average Bonchev–Trinajstić information content (AvgIpc) is 2.91. The predicted molar refractivity (Wildman–Crippen MR) is 176 cm³/mol. The van der Waals surface area contributed by atoms with Crippen LogP contribution in [0.4, 0.5) is 5.69 Å². The molecule has 7 nitrogen and oxygen atoms in total. The molecule has 0 saturated carbocycles. The van der Waals surface area contributed by atoms with Gasteiger partial charge >= 0.3 is 0 Å². The third-order valence-corrected chi connectivity index (χ3v) is 9.02. The summed E-state index contributed by atoms with van der Waals surface area (Å²) in [6, 6.07) is 19.4. The fourth-order valence-corrected chi connectivity index (χ4v) is 6.17. The standard InChI is InChI=1S/C33H41Cl2N3O4S/c1-23-12-10-15-29(24(23)2)38(43(6,41)42)19-11-16-31(39)37(22-26-17-18-27(34)28(35)20-26)30(32(40)36-33(3,4)5)21-25-13-8-7-9-14-25/h7-10,12-15,17-18,20,30H,11,16,19,21-22H2,1-6H3,(H,36,40)/t30-/m0/s1. The summed E-state index contributed by atoms with van der Waals surface area (Å²) in [4.78, 5) is 29.3. The van der Waals surface area contributed by atoms with Gasteiger partial charge in [-0.15, -0.1) is 0 Å². The molecule has 232 valence electrons. The van der Waals surface area contributed by atoms with E-state index in [0.717, 1.165) is 22.3 Å². The third kappa shape index (κ3) is 9.98. The molecule has 43 heavy (non-hydrogen) atoms. The summed E-state index contributed by atoms with van der Waals surface area (Å²) >= 11 is 12.5. The Bertz CT molecular complexity index is 1540. The minimum absolute atomic E-state index is 0.0340. The number of halogens is 2. The SMILES string of the molecule is Cc1cccc(N(CCCC(=O)N(Cc2ccc(Cl)c(Cl)c2)[C@@H](Cc2ccccc2)C(=O)NC(C)(C)C)S(C)(=O)=O)c1C. The van der Waals surface area contributed by atoms with Crippen molar-refractivity contribution >= 4 is 50.7 Å². The Hall–Kier alpha value is -3.07. The number of carbonyl (C=O) groups excluding carboxylic acids is 2. The number of nitrogens with zero attached hydrogens (tertiary/aromatic N) is 2. The summed E-state index contributed by atoms with van der Waals surface area (Å²) in [5.74, 6) is -0.552. The van der Waals surface area contributed by atoms with Crippen LogP contribution in [0.5, 0.6) is 0 Å². The molecule has 1 N–H and O–H groups in total. The smallest absolute Gasteiger partial charge is 0.243 e. The van der Waals surface area contributed by atoms with Crippen molar-refractivity contribution in [3.63, 3.8) is 0 Å². The van der Waals surface area contributed by atoms with Crippen LogP contribution in [-0.4, -0.2) is 49.5 Å². The minimum atomic E-state index is -3.61. The Morgan fingerprint density at radius 3 is 2.19 bits per heavy atom. The molecule has 0 aliphatic carbocycles. The zero-order valence-electron chi connectivity index (χ0n) is 25.7. The van der Waals surface area contributed by atoms with Crippen LogP contribution in [0.3, 0.4) is 0 Å². The van der Waals surface area contributed by atoms with Crippen LogP contribution < -0.4 is 9.62 Å². The Labute approximate surface area is 266 Å². The van der Waals surface area contributed by atoms with Crippen molar-refractivity contribution in [2.75, 3.05) is 17.1 Å². The fourth-order valence-electron chi connectivity index (χ4n) is 4.83. The Balaban J connectivity index is 1.94. The molecule has 0 heterocycles. The highest BCUT2D eigenvalue weighted by Gasteiger charge is 2.32. The molecule has 0 radical (unpaired) electrons. The molecule has 3 aromatic rings. The molecule has 3 aromatic carbocycles. The summed E-state index contributed by atoms with van der Waals surface area (Å²) in [5, 5.41) is 3.78. The van der Waals surface area contributed by atoms with Gasteiger partial charge in [0, 0.05) is 31.5 Å². The van der Waals surface area contributed by atoms with Crippen LogP contribution in [0.1, 0.15) is 55.9 Å². The van der Waals surface area contributed by atoms with Crippen LogP contribution in [0.2, 0.25) is 10.0 Å². The number of carbonyl (C=O) groups is 2. The van der Waals surface area contributed by atoms with Crippen molar-refractivity contribution in [3.05, 3.63) is 99.0 Å². The number of aryl methyl sites for hydroxylation is 1. The number of hydrogen-bond acceptors (Lipinski definition) is 4. The van der Waals surface area contributed by atoms with Crippen LogP contribution in [0.25, 0.3) is 0 Å². The van der Waals surface area contributed by atoms with E-state index in [-0.39, 0.29) is 37.7 Å². The van der Waals surface area contributed by atoms with Gasteiger partial charge in [0.1, 0.15) is 6.04 Å². The van der Waals surface area contributed by atoms with Crippen LogP contribution >= 0.6 is 23.2 Å². The molecule has 0 aliphatic heterocycles. The number of anilines is 1. The second-order valence-electron chi connectivity index (χ2n) is 11.9. The van der Waals surface area contributed by atoms with Crippen LogP contribution in [-0.2, 0) is 32.6 Å². The Morgan fingerprint density at radius 2 is 1.58 bits per heavy atom. The molecule has 0 aliphatic rings. The summed E-state index contributed by atoms with van der Waals surface area (Å²) in [6.07, 6.45) is 1.76. The van der Waals surface area contributed by atoms with Crippen molar-refractivity contribution in [2.45, 2.75) is 72.0 Å². The second kappa shape index (κ2) is 14.6. The van der Waals surface area contributed by atoms with E-state index < -0.39 is 21.6 Å². The zero-order valence-corrected chi connectivity index (χ0v) is 28.0. The van der Waals surface area contributed by atoms with Gasteiger partial charge in [-0.25, -0.2) is 8.42 Å². The number of rotatable bonds is 12. The maximum absolute atomic E-state index is 14.0. The largest absolute Gasteiger partial charge is 0.350 e. The summed E-state index contributed by atoms with van der Waals surface area (Å²) < 4.78 is 26.9. The molecule has 0 fully saturated rings. The molecule has 2 amide bonds. The first-order chi connectivity index (χ1) is 20.1. The van der Waals surface area contributed by atoms with E-state index in [0.29, 0.717) is 22.2 Å². The monoisotopic (exact) mass is 645 g/mol. The first-order valence-electron chi connectivity index (χ1n) is 14.2. The number of hydrogen-bond donors (Lipinski definition) is 1. The molecule has 0 spiro atoms. The topological polar surface area (TPSA) is 86.8 Å². The molecule has 3 rings (SSSR count). The highest BCUT2D eigenvalue weighted by molar-refractivity contribution is 7.92. The summed E-state index contributed by atoms with van der Waals surface area (Å²) in [5.41, 5.74) is 3.53. The van der Waals surface area contributed by atoms with E-state index >= 15 is 0 Å². The van der Waals surface area contributed by atoms with E-state index in [4.69, 9.17) is 23.2 Å². The lowest BCUT2D eigenvalue weighted by atomic mass is 10.00. The molecule has 1 atom stereocenters. The maximum atomic E-state index is 14.0. The summed E-state index contributed by atoms with van der Waals surface area (Å²) in [6.45, 7) is 9.73. The first kappa shape index (κ1) is 34.4. The van der Waals surface area contributed by atoms with Gasteiger partial charge in [0.05, 0.1) is 22.0 Å². The molecule has 10 heteroatoms. The van der Waals surface area contributed by atoms with Crippen molar-refractivity contribution in [2.24, 2.45) is 0 Å². The molecule has 0 aromatic heterocycles. The van der Waals surface area contributed by atoms with Gasteiger partial charge in [-0.2, -0.15) is 0 Å². The number of benzene rings is 3. The Morgan fingerprint density at radius 1 is 0.907 bits per heavy atom. The van der Waals surface area contributed by atoms with Crippen molar-refractivity contribution < 1.29 is 18.0 Å². The lowest BCUT2D eigenvalue weighted by Crippen LogP contribution is -2.54. The van der Waals surface area contributed by atoms with Crippen molar-refractivity contribution in [1.82, 2.24) is 10.2 Å². The van der Waals surface area contributed by atoms with Crippen LogP contribution in [0.15, 0.2) is 66.7 Å². The van der Waals surface area contributed by atoms with Crippen molar-refractivity contribution in [1.29, 1.82) is 0 Å². The predicted octanol–water partition coefficient (Wildman–Crippen LogP) is 6.71. The van der Waals surface area contributed by atoms with Gasteiger partial charge in [-0.05, 0) is 81.5 Å². The fraction of sp³-hybridized carbons (Fsp3) is 0.394. The quantitative estimate of drug-likeness (QED) is 0.237. The van der Waals surface area contributed by atoms with E-state index in [1.54, 1.807) is 29.2 Å². The molecular weight excluding hydrogens is 605 g/mol. The lowest BCUT2D eigenvalue weighted by Gasteiger charge is -2.34. The lowest BCUT2D eigenvalue weighted by molar-refractivity contribution is -0.142. The highest BCUT2D eigenvalue weighted by Crippen LogP contribution is 2.27. The minimum Gasteiger partial charge on any atom is -0.350 e. The van der Waals surface area contributed by atoms with Crippen LogP contribution in [0, 0.1) is 13.8 Å². The highest BCUT2D eigenvalue weighted by atomic mass is 35.5. The van der Waals surface area contributed by atoms with E-state index in [9.17, 15) is 18.0 Å². The van der Waals surface area contributed by atoms with E-state index in [1.807, 2.05) is 77.1 Å². The van der Waals surface area contributed by atoms with Gasteiger partial charge < -0.3 is 10.2 Å². The van der Waals surface area contributed by atoms with E-state index in [1.165, 1.54) is 10.6 Å². The Kier molecular flexibility index (Phi) is 11.7. The van der Waals surface area contributed by atoms with Crippen molar-refractivity contribution in [3.8, 4) is 0 Å². The maximum Gasteiger partial charge on any atom is 0.243 e. The molecular formula is C33H41Cl2N3O4S. The summed E-state index contributed by atoms with van der Waals surface area (Å²) in [7, 11) is -3.61. The first-order valence-corrected chi connectivity index (χ1v) is 16.8. The number of amides is 2. The van der Waals surface area contributed by atoms with Gasteiger partial charge in [-0.3, -0.25) is 13.9 Å². The molecule has 0 bridgehead atoms. The second-order valence-corrected chi connectivity index (χ2v) is 14.6. The van der Waals surface area contributed by atoms with Gasteiger partial charge in [-0.1, -0.05) is 71.7 Å². The van der Waals surface area contributed by atoms with Gasteiger partial charge in [0.25, 0.3) is 0 Å².